The van der Waals surface area contributed by atoms with E-state index in [9.17, 15) is 0 Å². The normalized spacial score (nSPS) is 17.2. The maximum Gasteiger partial charge on any atom is 0.193 e. The van der Waals surface area contributed by atoms with Gasteiger partial charge in [0.05, 0.1) is 0 Å². The van der Waals surface area contributed by atoms with Gasteiger partial charge in [-0.25, -0.2) is 0 Å². The highest BCUT2D eigenvalue weighted by Gasteiger charge is 2.14. The average molecular weight is 229 g/mol. The fourth-order valence-corrected chi connectivity index (χ4v) is 2.17. The first-order valence-corrected chi connectivity index (χ1v) is 7.30. The van der Waals surface area contributed by atoms with Gasteiger partial charge in [0.25, 0.3) is 0 Å². The second-order valence-corrected chi connectivity index (χ2v) is 4.76. The Morgan fingerprint density at radius 2 is 2.13 bits per heavy atom. The number of hydrogen-bond donors (Lipinski definition) is 1. The van der Waals surface area contributed by atoms with Crippen molar-refractivity contribution < 1.29 is 0 Å². The Bertz CT molecular complexity index is 188. The summed E-state index contributed by atoms with van der Waals surface area (Å²) in [6, 6.07) is 0. The lowest BCUT2D eigenvalue weighted by atomic mass is 10.4. The number of guanidine groups is 1. The van der Waals surface area contributed by atoms with Crippen LogP contribution in [0, 0.1) is 0 Å². The van der Waals surface area contributed by atoms with Crippen molar-refractivity contribution in [3.8, 4) is 0 Å². The SMILES string of the molecule is CCNC(=NCCCSC)N1CCCC1. The fourth-order valence-electron chi connectivity index (χ4n) is 1.75. The zero-order valence-electron chi connectivity index (χ0n) is 9.96. The van der Waals surface area contributed by atoms with E-state index in [0.29, 0.717) is 0 Å². The van der Waals surface area contributed by atoms with Crippen LogP contribution in [-0.2, 0) is 0 Å². The van der Waals surface area contributed by atoms with Crippen LogP contribution in [0.15, 0.2) is 4.99 Å². The highest BCUT2D eigenvalue weighted by Crippen LogP contribution is 2.07. The number of hydrogen-bond acceptors (Lipinski definition) is 2. The number of likely N-dealkylation sites (tertiary alicyclic amines) is 1. The monoisotopic (exact) mass is 229 g/mol. The highest BCUT2D eigenvalue weighted by atomic mass is 32.2. The molecule has 1 N–H and O–H groups in total. The van der Waals surface area contributed by atoms with Gasteiger partial charge in [-0.15, -0.1) is 0 Å². The molecule has 1 rings (SSSR count). The molecule has 0 amide bonds. The highest BCUT2D eigenvalue weighted by molar-refractivity contribution is 7.98. The molecule has 1 saturated heterocycles. The first kappa shape index (κ1) is 12.7. The first-order valence-electron chi connectivity index (χ1n) is 5.90. The van der Waals surface area contributed by atoms with Crippen LogP contribution >= 0.6 is 11.8 Å². The predicted octanol–water partition coefficient (Wildman–Crippen LogP) is 1.80. The van der Waals surface area contributed by atoms with Gasteiger partial charge in [0.2, 0.25) is 0 Å². The number of thioether (sulfide) groups is 1. The largest absolute Gasteiger partial charge is 0.357 e. The summed E-state index contributed by atoms with van der Waals surface area (Å²) in [4.78, 5) is 7.03. The summed E-state index contributed by atoms with van der Waals surface area (Å²) in [6.07, 6.45) is 5.96. The third kappa shape index (κ3) is 4.78. The molecule has 4 heteroatoms. The molecule has 0 radical (unpaired) electrons. The molecule has 3 nitrogen and oxygen atoms in total. The Morgan fingerprint density at radius 1 is 1.40 bits per heavy atom. The number of nitrogens with zero attached hydrogens (tertiary/aromatic N) is 2. The van der Waals surface area contributed by atoms with Crippen LogP contribution in [0.1, 0.15) is 26.2 Å². The molecular weight excluding hydrogens is 206 g/mol. The van der Waals surface area contributed by atoms with Gasteiger partial charge in [-0.1, -0.05) is 0 Å². The van der Waals surface area contributed by atoms with Crippen molar-refractivity contribution >= 4 is 17.7 Å². The van der Waals surface area contributed by atoms with Crippen molar-refractivity contribution in [2.24, 2.45) is 4.99 Å². The minimum Gasteiger partial charge on any atom is -0.357 e. The molecule has 15 heavy (non-hydrogen) atoms. The fraction of sp³-hybridized carbons (Fsp3) is 0.909. The smallest absolute Gasteiger partial charge is 0.193 e. The Morgan fingerprint density at radius 3 is 2.73 bits per heavy atom. The summed E-state index contributed by atoms with van der Waals surface area (Å²) in [6.45, 7) is 6.41. The lowest BCUT2D eigenvalue weighted by Gasteiger charge is -2.20. The summed E-state index contributed by atoms with van der Waals surface area (Å²) < 4.78 is 0. The van der Waals surface area contributed by atoms with Crippen molar-refractivity contribution in [2.45, 2.75) is 26.2 Å². The molecule has 0 atom stereocenters. The minimum atomic E-state index is 0.958. The predicted molar refractivity (Wildman–Crippen MR) is 69.8 cm³/mol. The summed E-state index contributed by atoms with van der Waals surface area (Å²) in [7, 11) is 0. The van der Waals surface area contributed by atoms with E-state index in [0.717, 1.165) is 19.0 Å². The zero-order chi connectivity index (χ0) is 10.9. The molecule has 1 fully saturated rings. The van der Waals surface area contributed by atoms with Gasteiger partial charge in [-0.2, -0.15) is 11.8 Å². The molecule has 0 unspecified atom stereocenters. The second kappa shape index (κ2) is 7.85. The molecule has 0 aromatic heterocycles. The topological polar surface area (TPSA) is 27.6 Å². The van der Waals surface area contributed by atoms with Gasteiger partial charge in [-0.3, -0.25) is 4.99 Å². The van der Waals surface area contributed by atoms with Crippen LogP contribution in [0.4, 0.5) is 0 Å². The quantitative estimate of drug-likeness (QED) is 0.442. The van der Waals surface area contributed by atoms with Crippen LogP contribution in [0.3, 0.4) is 0 Å². The lowest BCUT2D eigenvalue weighted by Crippen LogP contribution is -2.39. The minimum absolute atomic E-state index is 0.958. The Kier molecular flexibility index (Phi) is 6.64. The molecular formula is C11H23N3S. The van der Waals surface area contributed by atoms with E-state index in [2.05, 4.69) is 28.4 Å². The van der Waals surface area contributed by atoms with Gasteiger partial charge in [0, 0.05) is 26.2 Å². The summed E-state index contributed by atoms with van der Waals surface area (Å²) in [5.41, 5.74) is 0. The maximum atomic E-state index is 4.65. The van der Waals surface area contributed by atoms with Crippen LogP contribution in [0.5, 0.6) is 0 Å². The van der Waals surface area contributed by atoms with Crippen LogP contribution in [-0.4, -0.2) is 49.0 Å². The van der Waals surface area contributed by atoms with E-state index in [4.69, 9.17) is 0 Å². The van der Waals surface area contributed by atoms with Gasteiger partial charge in [0.15, 0.2) is 5.96 Å². The Hall–Kier alpha value is -0.380. The van der Waals surface area contributed by atoms with E-state index in [-0.39, 0.29) is 0 Å². The number of aliphatic imine (C=N–C) groups is 1. The van der Waals surface area contributed by atoms with E-state index < -0.39 is 0 Å². The van der Waals surface area contributed by atoms with Crippen molar-refractivity contribution in [3.05, 3.63) is 0 Å². The molecule has 0 aromatic rings. The first-order chi connectivity index (χ1) is 7.38. The molecule has 0 aliphatic carbocycles. The average Bonchev–Trinajstić information content (AvgIpc) is 2.76. The van der Waals surface area contributed by atoms with Crippen molar-refractivity contribution in [1.29, 1.82) is 0 Å². The van der Waals surface area contributed by atoms with Gasteiger partial charge in [-0.05, 0) is 38.2 Å². The zero-order valence-corrected chi connectivity index (χ0v) is 10.8. The van der Waals surface area contributed by atoms with Gasteiger partial charge < -0.3 is 10.2 Å². The molecule has 1 aliphatic heterocycles. The van der Waals surface area contributed by atoms with Crippen molar-refractivity contribution in [1.82, 2.24) is 10.2 Å². The molecule has 1 aliphatic rings. The van der Waals surface area contributed by atoms with Gasteiger partial charge in [0.1, 0.15) is 0 Å². The Balaban J connectivity index is 2.33. The van der Waals surface area contributed by atoms with E-state index >= 15 is 0 Å². The molecule has 0 bridgehead atoms. The van der Waals surface area contributed by atoms with Crippen molar-refractivity contribution in [3.63, 3.8) is 0 Å². The second-order valence-electron chi connectivity index (χ2n) is 3.78. The number of nitrogens with one attached hydrogen (secondary N) is 1. The van der Waals surface area contributed by atoms with E-state index in [1.807, 2.05) is 11.8 Å². The van der Waals surface area contributed by atoms with Crippen LogP contribution < -0.4 is 5.32 Å². The molecule has 0 spiro atoms. The van der Waals surface area contributed by atoms with E-state index in [1.165, 1.54) is 38.1 Å². The summed E-state index contributed by atoms with van der Waals surface area (Å²) >= 11 is 1.90. The third-order valence-corrected chi connectivity index (χ3v) is 3.21. The third-order valence-electron chi connectivity index (χ3n) is 2.51. The molecule has 0 saturated carbocycles. The van der Waals surface area contributed by atoms with Crippen LogP contribution in [0.2, 0.25) is 0 Å². The van der Waals surface area contributed by atoms with E-state index in [1.54, 1.807) is 0 Å². The van der Waals surface area contributed by atoms with Crippen LogP contribution in [0.25, 0.3) is 0 Å². The molecule has 1 heterocycles. The molecule has 88 valence electrons. The Labute approximate surface area is 97.7 Å². The lowest BCUT2D eigenvalue weighted by molar-refractivity contribution is 0.494. The van der Waals surface area contributed by atoms with Crippen molar-refractivity contribution in [2.75, 3.05) is 38.2 Å². The summed E-state index contributed by atoms with van der Waals surface area (Å²) in [5.74, 6) is 2.33. The van der Waals surface area contributed by atoms with Gasteiger partial charge >= 0.3 is 0 Å². The standard InChI is InChI=1S/C11H23N3S/c1-3-12-11(13-7-6-10-15-2)14-8-4-5-9-14/h3-10H2,1-2H3,(H,12,13). The maximum absolute atomic E-state index is 4.65. The summed E-state index contributed by atoms with van der Waals surface area (Å²) in [5, 5.41) is 3.37. The number of rotatable bonds is 5. The molecule has 0 aromatic carbocycles.